The molecule has 3 heteroatoms. The highest BCUT2D eigenvalue weighted by Gasteiger charge is 2.80. The highest BCUT2D eigenvalue weighted by Crippen LogP contribution is 2.81. The van der Waals surface area contributed by atoms with Gasteiger partial charge in [-0.15, -0.1) is 0 Å². The summed E-state index contributed by atoms with van der Waals surface area (Å²) in [5, 5.41) is 0. The molecule has 4 saturated carbocycles. The summed E-state index contributed by atoms with van der Waals surface area (Å²) in [5.74, 6) is 4.43. The van der Waals surface area contributed by atoms with Gasteiger partial charge in [0.1, 0.15) is 0 Å². The van der Waals surface area contributed by atoms with Crippen LogP contribution in [0.3, 0.4) is 0 Å². The van der Waals surface area contributed by atoms with Crippen molar-refractivity contribution < 1.29 is 14.2 Å². The molecule has 6 aliphatic rings. The van der Waals surface area contributed by atoms with E-state index in [-0.39, 0.29) is 16.9 Å². The normalized spacial score (nSPS) is 61.9. The monoisotopic (exact) mass is 528 g/mol. The molecule has 6 fully saturated rings. The van der Waals surface area contributed by atoms with Crippen molar-refractivity contribution >= 4 is 0 Å². The van der Waals surface area contributed by atoms with Crippen molar-refractivity contribution in [1.29, 1.82) is 0 Å². The lowest BCUT2D eigenvalue weighted by Gasteiger charge is -2.68. The van der Waals surface area contributed by atoms with Gasteiger partial charge in [-0.1, -0.05) is 55.4 Å². The first-order valence-corrected chi connectivity index (χ1v) is 16.6. The van der Waals surface area contributed by atoms with E-state index in [0.717, 1.165) is 24.2 Å². The molecule has 1 spiro atoms. The van der Waals surface area contributed by atoms with Gasteiger partial charge < -0.3 is 14.2 Å². The Hall–Kier alpha value is -0.120. The van der Waals surface area contributed by atoms with Crippen molar-refractivity contribution in [3.63, 3.8) is 0 Å². The highest BCUT2D eigenvalue weighted by atomic mass is 16.7. The average Bonchev–Trinajstić information content (AvgIpc) is 3.14. The van der Waals surface area contributed by atoms with Crippen LogP contribution in [0, 0.1) is 63.1 Å². The Morgan fingerprint density at radius 1 is 0.816 bits per heavy atom. The van der Waals surface area contributed by atoms with E-state index in [1.54, 1.807) is 0 Å². The Morgan fingerprint density at radius 2 is 1.53 bits per heavy atom. The molecule has 0 radical (unpaired) electrons. The summed E-state index contributed by atoms with van der Waals surface area (Å²) in [6.07, 6.45) is 11.8. The van der Waals surface area contributed by atoms with Gasteiger partial charge in [-0.3, -0.25) is 0 Å². The van der Waals surface area contributed by atoms with Crippen LogP contribution in [0.2, 0.25) is 0 Å². The summed E-state index contributed by atoms with van der Waals surface area (Å²) in [6, 6.07) is 0. The molecule has 0 aromatic heterocycles. The van der Waals surface area contributed by atoms with E-state index in [4.69, 9.17) is 14.2 Å². The van der Waals surface area contributed by atoms with Crippen LogP contribution < -0.4 is 0 Å². The molecule has 3 nitrogen and oxygen atoms in total. The average molecular weight is 529 g/mol. The molecule has 2 saturated heterocycles. The molecule has 0 amide bonds. The molecule has 218 valence electrons. The van der Waals surface area contributed by atoms with Gasteiger partial charge in [0.25, 0.3) is 0 Å². The molecule has 4 aliphatic carbocycles. The topological polar surface area (TPSA) is 27.7 Å². The molecule has 15 atom stereocenters. The minimum Gasteiger partial charge on any atom is -0.376 e. The van der Waals surface area contributed by atoms with Crippen molar-refractivity contribution in [2.24, 2.45) is 63.1 Å². The lowest BCUT2D eigenvalue weighted by atomic mass is 9.36. The van der Waals surface area contributed by atoms with Crippen LogP contribution >= 0.6 is 0 Å². The highest BCUT2D eigenvalue weighted by molar-refractivity contribution is 5.26. The first kappa shape index (κ1) is 28.0. The quantitative estimate of drug-likeness (QED) is 0.358. The van der Waals surface area contributed by atoms with Crippen LogP contribution in [0.5, 0.6) is 0 Å². The second-order valence-corrected chi connectivity index (χ2v) is 16.8. The molecule has 0 aromatic carbocycles. The SMILES string of the molecule is CC(C)OC1CC[C@@]2(C)C(CCC3C2CC(C)[C@@]2(C)C3(C)CC3OC4(CC(C)C(C)C(C)O4)[C@@H](C)C32C)C1. The Morgan fingerprint density at radius 3 is 2.18 bits per heavy atom. The Labute approximate surface area is 234 Å². The summed E-state index contributed by atoms with van der Waals surface area (Å²) in [5.41, 5.74) is 1.20. The minimum absolute atomic E-state index is 0.146. The van der Waals surface area contributed by atoms with Gasteiger partial charge in [0.05, 0.1) is 24.4 Å². The summed E-state index contributed by atoms with van der Waals surface area (Å²) in [6.45, 7) is 27.4. The maximum Gasteiger partial charge on any atom is 0.172 e. The maximum absolute atomic E-state index is 7.31. The molecule has 38 heavy (non-hydrogen) atoms. The largest absolute Gasteiger partial charge is 0.376 e. The Balaban J connectivity index is 1.32. The molecule has 6 rings (SSSR count). The third kappa shape index (κ3) is 3.31. The van der Waals surface area contributed by atoms with Crippen molar-refractivity contribution in [2.45, 2.75) is 158 Å². The zero-order valence-corrected chi connectivity index (χ0v) is 26.7. The molecule has 12 unspecified atom stereocenters. The van der Waals surface area contributed by atoms with Crippen LogP contribution in [0.4, 0.5) is 0 Å². The van der Waals surface area contributed by atoms with Gasteiger partial charge in [0.15, 0.2) is 5.79 Å². The maximum atomic E-state index is 7.31. The molecule has 2 heterocycles. The number of hydrogen-bond donors (Lipinski definition) is 0. The Bertz CT molecular complexity index is 918. The van der Waals surface area contributed by atoms with E-state index in [1.807, 2.05) is 0 Å². The number of hydrogen-bond acceptors (Lipinski definition) is 3. The first-order valence-electron chi connectivity index (χ1n) is 16.6. The zero-order valence-electron chi connectivity index (χ0n) is 26.7. The van der Waals surface area contributed by atoms with Gasteiger partial charge in [-0.25, -0.2) is 0 Å². The Kier molecular flexibility index (Phi) is 6.41. The number of rotatable bonds is 2. The molecular weight excluding hydrogens is 468 g/mol. The molecule has 0 N–H and O–H groups in total. The van der Waals surface area contributed by atoms with Gasteiger partial charge in [-0.05, 0) is 117 Å². The third-order valence-electron chi connectivity index (χ3n) is 15.6. The fourth-order valence-corrected chi connectivity index (χ4v) is 12.7. The van der Waals surface area contributed by atoms with E-state index >= 15 is 0 Å². The summed E-state index contributed by atoms with van der Waals surface area (Å²) >= 11 is 0. The fourth-order valence-electron chi connectivity index (χ4n) is 12.7. The van der Waals surface area contributed by atoms with E-state index in [0.29, 0.717) is 52.8 Å². The molecular formula is C35H60O3. The third-order valence-corrected chi connectivity index (χ3v) is 15.6. The minimum atomic E-state index is -0.399. The smallest absolute Gasteiger partial charge is 0.172 e. The number of ether oxygens (including phenoxy) is 3. The lowest BCUT2D eigenvalue weighted by Crippen LogP contribution is -2.64. The molecule has 0 aromatic rings. The molecule has 0 bridgehead atoms. The van der Waals surface area contributed by atoms with Gasteiger partial charge in [-0.2, -0.15) is 0 Å². The predicted octanol–water partition coefficient (Wildman–Crippen LogP) is 8.89. The zero-order chi connectivity index (χ0) is 27.6. The fraction of sp³-hybridized carbons (Fsp3) is 1.00. The summed E-state index contributed by atoms with van der Waals surface area (Å²) in [7, 11) is 0. The van der Waals surface area contributed by atoms with Crippen LogP contribution in [0.25, 0.3) is 0 Å². The van der Waals surface area contributed by atoms with Crippen molar-refractivity contribution in [1.82, 2.24) is 0 Å². The first-order chi connectivity index (χ1) is 17.6. The van der Waals surface area contributed by atoms with Gasteiger partial charge in [0, 0.05) is 17.8 Å². The molecule has 2 aliphatic heterocycles. The van der Waals surface area contributed by atoms with E-state index in [1.165, 1.54) is 44.9 Å². The van der Waals surface area contributed by atoms with Crippen molar-refractivity contribution in [2.75, 3.05) is 0 Å². The van der Waals surface area contributed by atoms with E-state index < -0.39 is 5.79 Å². The summed E-state index contributed by atoms with van der Waals surface area (Å²) < 4.78 is 20.6. The van der Waals surface area contributed by atoms with Crippen LogP contribution in [0.1, 0.15) is 128 Å². The second-order valence-electron chi connectivity index (χ2n) is 16.8. The van der Waals surface area contributed by atoms with Crippen LogP contribution in [-0.4, -0.2) is 30.2 Å². The van der Waals surface area contributed by atoms with Crippen LogP contribution in [-0.2, 0) is 14.2 Å². The van der Waals surface area contributed by atoms with Gasteiger partial charge >= 0.3 is 0 Å². The van der Waals surface area contributed by atoms with Crippen molar-refractivity contribution in [3.8, 4) is 0 Å². The van der Waals surface area contributed by atoms with E-state index in [9.17, 15) is 0 Å². The number of fused-ring (bicyclic) bond motifs is 7. The standard InChI is InChI=1S/C35H60O3/c1-20(2)36-27-14-15-31(8)26(17-27)12-13-28-29(31)16-22(4)34(11)32(28,9)19-30-33(34,10)25(7)35(38-30)18-21(3)23(5)24(6)37-35/h20-30H,12-19H2,1-11H3/t21?,22?,23?,24?,25-,26?,27?,28?,29?,30?,31-,32?,33?,34-,35?/m0/s1. The lowest BCUT2D eigenvalue weighted by molar-refractivity contribution is -0.309. The summed E-state index contributed by atoms with van der Waals surface area (Å²) in [4.78, 5) is 0. The van der Waals surface area contributed by atoms with Gasteiger partial charge in [0.2, 0.25) is 0 Å². The van der Waals surface area contributed by atoms with Crippen molar-refractivity contribution in [3.05, 3.63) is 0 Å². The van der Waals surface area contributed by atoms with Crippen LogP contribution in [0.15, 0.2) is 0 Å². The van der Waals surface area contributed by atoms with E-state index in [2.05, 4.69) is 76.2 Å². The second kappa shape index (κ2) is 8.70. The predicted molar refractivity (Wildman–Crippen MR) is 155 cm³/mol.